The van der Waals surface area contributed by atoms with Gasteiger partial charge in [0.25, 0.3) is 5.91 Å². The summed E-state index contributed by atoms with van der Waals surface area (Å²) < 4.78 is 33.1. The fraction of sp³-hybridized carbons (Fsp3) is 0.333. The molecule has 4 rings (SSSR count). The van der Waals surface area contributed by atoms with Crippen LogP contribution in [0.4, 0.5) is 14.5 Å². The second kappa shape index (κ2) is 8.98. The third-order valence-corrected chi connectivity index (χ3v) is 5.82. The summed E-state index contributed by atoms with van der Waals surface area (Å²) in [5.74, 6) is -2.62. The summed E-state index contributed by atoms with van der Waals surface area (Å²) in [4.78, 5) is 27.1. The van der Waals surface area contributed by atoms with Gasteiger partial charge >= 0.3 is 0 Å². The van der Waals surface area contributed by atoms with Gasteiger partial charge in [0.2, 0.25) is 5.91 Å². The van der Waals surface area contributed by atoms with Gasteiger partial charge in [-0.3, -0.25) is 9.59 Å². The van der Waals surface area contributed by atoms with Crippen LogP contribution in [0.2, 0.25) is 0 Å². The molecule has 0 aromatic heterocycles. The Balaban J connectivity index is 1.58. The number of carbonyl (C=O) groups excluding carboxylic acids is 2. The van der Waals surface area contributed by atoms with Crippen LogP contribution in [0.15, 0.2) is 42.0 Å². The minimum absolute atomic E-state index is 0.0264. The van der Waals surface area contributed by atoms with Gasteiger partial charge in [0.1, 0.15) is 17.2 Å². The first-order valence-corrected chi connectivity index (χ1v) is 10.4. The van der Waals surface area contributed by atoms with Crippen molar-refractivity contribution in [2.24, 2.45) is 0 Å². The summed E-state index contributed by atoms with van der Waals surface area (Å²) in [6.45, 7) is 4.15. The van der Waals surface area contributed by atoms with E-state index in [0.29, 0.717) is 32.0 Å². The molecular weight excluding hydrogens is 402 g/mol. The van der Waals surface area contributed by atoms with Crippen LogP contribution in [0, 0.1) is 11.6 Å². The van der Waals surface area contributed by atoms with Crippen molar-refractivity contribution >= 4 is 23.1 Å². The van der Waals surface area contributed by atoms with E-state index in [-0.39, 0.29) is 5.91 Å². The monoisotopic (exact) mass is 426 g/mol. The Labute approximate surface area is 179 Å². The van der Waals surface area contributed by atoms with Crippen molar-refractivity contribution in [1.29, 1.82) is 0 Å². The normalized spacial score (nSPS) is 17.7. The molecule has 0 radical (unpaired) electrons. The van der Waals surface area contributed by atoms with Crippen LogP contribution in [0.25, 0.3) is 5.57 Å². The second-order valence-electron chi connectivity index (χ2n) is 7.78. The lowest BCUT2D eigenvalue weighted by atomic mass is 9.84. The van der Waals surface area contributed by atoms with E-state index in [4.69, 9.17) is 4.74 Å². The highest BCUT2D eigenvalue weighted by molar-refractivity contribution is 6.05. The van der Waals surface area contributed by atoms with Gasteiger partial charge in [-0.25, -0.2) is 8.78 Å². The fourth-order valence-corrected chi connectivity index (χ4v) is 4.19. The molecule has 31 heavy (non-hydrogen) atoms. The Morgan fingerprint density at radius 3 is 2.45 bits per heavy atom. The number of aryl methyl sites for hydroxylation is 1. The number of rotatable bonds is 3. The minimum Gasteiger partial charge on any atom is -0.378 e. The number of anilines is 1. The van der Waals surface area contributed by atoms with Gasteiger partial charge in [-0.1, -0.05) is 12.1 Å². The number of halogens is 2. The van der Waals surface area contributed by atoms with Crippen molar-refractivity contribution in [3.8, 4) is 0 Å². The largest absolute Gasteiger partial charge is 0.378 e. The highest BCUT2D eigenvalue weighted by atomic mass is 19.1. The first kappa shape index (κ1) is 21.2. The molecule has 1 heterocycles. The summed E-state index contributed by atoms with van der Waals surface area (Å²) in [5.41, 5.74) is 3.59. The summed E-state index contributed by atoms with van der Waals surface area (Å²) in [6.07, 6.45) is 2.49. The number of amides is 2. The minimum atomic E-state index is -0.905. The maximum absolute atomic E-state index is 13.9. The number of hydrogen-bond acceptors (Lipinski definition) is 3. The zero-order chi connectivity index (χ0) is 22.0. The molecule has 7 heteroatoms. The molecule has 2 aromatic carbocycles. The Morgan fingerprint density at radius 1 is 1.03 bits per heavy atom. The van der Waals surface area contributed by atoms with E-state index in [1.807, 2.05) is 24.0 Å². The van der Waals surface area contributed by atoms with Crippen molar-refractivity contribution in [3.05, 3.63) is 70.3 Å². The summed E-state index contributed by atoms with van der Waals surface area (Å²) >= 11 is 0. The lowest BCUT2D eigenvalue weighted by Gasteiger charge is -2.29. The van der Waals surface area contributed by atoms with Crippen LogP contribution >= 0.6 is 0 Å². The molecule has 0 saturated carbocycles. The quantitative estimate of drug-likeness (QED) is 0.749. The lowest BCUT2D eigenvalue weighted by Crippen LogP contribution is -2.41. The number of nitrogens with one attached hydrogen (secondary N) is 1. The van der Waals surface area contributed by atoms with Crippen LogP contribution in [0.1, 0.15) is 41.3 Å². The van der Waals surface area contributed by atoms with Crippen LogP contribution in [-0.2, 0) is 16.0 Å². The Kier molecular flexibility index (Phi) is 6.13. The molecule has 0 unspecified atom stereocenters. The first-order valence-electron chi connectivity index (χ1n) is 10.4. The number of nitrogens with zero attached hydrogens (tertiary/aromatic N) is 1. The standard InChI is InChI=1S/C24H24F2N2O3/c1-15(24(30)28-10-12-31-13-11-28)18-5-2-4-16-14-17(8-9-19(16)18)27-23(29)22-20(25)6-3-7-21(22)26/h3,6-9,14H,2,4-5,10-13H2,1H3,(H,27,29). The molecule has 0 atom stereocenters. The van der Waals surface area contributed by atoms with E-state index in [2.05, 4.69) is 5.32 Å². The number of ether oxygens (including phenoxy) is 1. The van der Waals surface area contributed by atoms with Gasteiger partial charge in [0.05, 0.1) is 13.2 Å². The van der Waals surface area contributed by atoms with Gasteiger partial charge in [0.15, 0.2) is 0 Å². The lowest BCUT2D eigenvalue weighted by molar-refractivity contribution is -0.131. The molecule has 0 spiro atoms. The van der Waals surface area contributed by atoms with E-state index < -0.39 is 23.1 Å². The van der Waals surface area contributed by atoms with E-state index in [0.717, 1.165) is 53.7 Å². The maximum atomic E-state index is 13.9. The van der Waals surface area contributed by atoms with Crippen LogP contribution in [0.3, 0.4) is 0 Å². The predicted molar refractivity (Wildman–Crippen MR) is 114 cm³/mol. The van der Waals surface area contributed by atoms with E-state index in [1.54, 1.807) is 6.07 Å². The molecule has 1 N–H and O–H groups in total. The fourth-order valence-electron chi connectivity index (χ4n) is 4.19. The number of morpholine rings is 1. The van der Waals surface area contributed by atoms with Crippen molar-refractivity contribution in [3.63, 3.8) is 0 Å². The topological polar surface area (TPSA) is 58.6 Å². The Hall–Kier alpha value is -3.06. The van der Waals surface area contributed by atoms with Crippen LogP contribution in [-0.4, -0.2) is 43.0 Å². The highest BCUT2D eigenvalue weighted by Gasteiger charge is 2.24. The van der Waals surface area contributed by atoms with Crippen molar-refractivity contribution in [1.82, 2.24) is 4.90 Å². The number of benzene rings is 2. The highest BCUT2D eigenvalue weighted by Crippen LogP contribution is 2.35. The summed E-state index contributed by atoms with van der Waals surface area (Å²) in [5, 5.41) is 2.58. The van der Waals surface area contributed by atoms with E-state index in [9.17, 15) is 18.4 Å². The molecule has 1 aliphatic carbocycles. The predicted octanol–water partition coefficient (Wildman–Crippen LogP) is 4.19. The molecule has 1 aliphatic heterocycles. The molecule has 2 aliphatic rings. The number of carbonyl (C=O) groups is 2. The third kappa shape index (κ3) is 4.37. The first-order chi connectivity index (χ1) is 15.0. The van der Waals surface area contributed by atoms with Gasteiger partial charge in [-0.2, -0.15) is 0 Å². The zero-order valence-electron chi connectivity index (χ0n) is 17.3. The van der Waals surface area contributed by atoms with Crippen molar-refractivity contribution < 1.29 is 23.1 Å². The smallest absolute Gasteiger partial charge is 0.261 e. The molecule has 162 valence electrons. The molecule has 1 fully saturated rings. The van der Waals surface area contributed by atoms with E-state index >= 15 is 0 Å². The average molecular weight is 426 g/mol. The molecule has 0 bridgehead atoms. The number of fused-ring (bicyclic) bond motifs is 1. The van der Waals surface area contributed by atoms with Crippen LogP contribution in [0.5, 0.6) is 0 Å². The van der Waals surface area contributed by atoms with Crippen molar-refractivity contribution in [2.45, 2.75) is 26.2 Å². The molecule has 2 aromatic rings. The average Bonchev–Trinajstić information content (AvgIpc) is 2.78. The molecule has 1 saturated heterocycles. The number of hydrogen-bond donors (Lipinski definition) is 1. The van der Waals surface area contributed by atoms with Gasteiger partial charge < -0.3 is 15.0 Å². The van der Waals surface area contributed by atoms with Gasteiger partial charge in [-0.05, 0) is 67.2 Å². The second-order valence-corrected chi connectivity index (χ2v) is 7.78. The number of allylic oxidation sites excluding steroid dienone is 1. The van der Waals surface area contributed by atoms with Crippen LogP contribution < -0.4 is 5.32 Å². The third-order valence-electron chi connectivity index (χ3n) is 5.82. The zero-order valence-corrected chi connectivity index (χ0v) is 17.3. The van der Waals surface area contributed by atoms with Gasteiger partial charge in [0, 0.05) is 24.4 Å². The van der Waals surface area contributed by atoms with Gasteiger partial charge in [-0.15, -0.1) is 0 Å². The SMILES string of the molecule is CC(C(=O)N1CCOCC1)=C1CCCc2cc(NC(=O)c3c(F)cccc3F)ccc21. The molecule has 5 nitrogen and oxygen atoms in total. The van der Waals surface area contributed by atoms with E-state index in [1.165, 1.54) is 6.07 Å². The Bertz CT molecular complexity index is 1040. The summed E-state index contributed by atoms with van der Waals surface area (Å²) in [6, 6.07) is 8.71. The maximum Gasteiger partial charge on any atom is 0.261 e. The molecule has 2 amide bonds. The molecular formula is C24H24F2N2O3. The Morgan fingerprint density at radius 2 is 1.74 bits per heavy atom. The summed E-state index contributed by atoms with van der Waals surface area (Å²) in [7, 11) is 0. The van der Waals surface area contributed by atoms with Crippen molar-refractivity contribution in [2.75, 3.05) is 31.6 Å².